The van der Waals surface area contributed by atoms with Crippen molar-refractivity contribution < 1.29 is 14.3 Å². The summed E-state index contributed by atoms with van der Waals surface area (Å²) >= 11 is 0. The SMILES string of the molecule is CC(C)CCN(CCC(C)C)C(=O)c1c(O)cccc1F. The van der Waals surface area contributed by atoms with Crippen molar-refractivity contribution >= 4 is 5.91 Å². The molecule has 0 bridgehead atoms. The van der Waals surface area contributed by atoms with Crippen LogP contribution in [-0.2, 0) is 0 Å². The molecule has 0 aliphatic carbocycles. The molecule has 0 saturated carbocycles. The van der Waals surface area contributed by atoms with Gasteiger partial charge in [0.2, 0.25) is 0 Å². The van der Waals surface area contributed by atoms with Crippen LogP contribution in [0.15, 0.2) is 18.2 Å². The molecule has 118 valence electrons. The molecular formula is C17H26FNO2. The summed E-state index contributed by atoms with van der Waals surface area (Å²) in [4.78, 5) is 14.2. The highest BCUT2D eigenvalue weighted by Crippen LogP contribution is 2.22. The summed E-state index contributed by atoms with van der Waals surface area (Å²) in [6.07, 6.45) is 1.72. The van der Waals surface area contributed by atoms with Crippen LogP contribution in [0.4, 0.5) is 4.39 Å². The first-order chi connectivity index (χ1) is 9.82. The summed E-state index contributed by atoms with van der Waals surface area (Å²) in [5, 5.41) is 9.78. The predicted molar refractivity (Wildman–Crippen MR) is 82.9 cm³/mol. The summed E-state index contributed by atoms with van der Waals surface area (Å²) in [6.45, 7) is 9.52. The minimum absolute atomic E-state index is 0.218. The second kappa shape index (κ2) is 8.01. The summed E-state index contributed by atoms with van der Waals surface area (Å²) in [5.41, 5.74) is -0.218. The van der Waals surface area contributed by atoms with Gasteiger partial charge in [-0.1, -0.05) is 33.8 Å². The summed E-state index contributed by atoms with van der Waals surface area (Å²) < 4.78 is 13.9. The van der Waals surface area contributed by atoms with E-state index in [2.05, 4.69) is 27.7 Å². The molecule has 0 unspecified atom stereocenters. The quantitative estimate of drug-likeness (QED) is 0.824. The third-order valence-corrected chi connectivity index (χ3v) is 3.45. The van der Waals surface area contributed by atoms with E-state index in [1.807, 2.05) is 0 Å². The molecule has 3 nitrogen and oxygen atoms in total. The highest BCUT2D eigenvalue weighted by atomic mass is 19.1. The van der Waals surface area contributed by atoms with Gasteiger partial charge in [0.15, 0.2) is 0 Å². The number of hydrogen-bond acceptors (Lipinski definition) is 2. The predicted octanol–water partition coefficient (Wildman–Crippen LogP) is 4.07. The van der Waals surface area contributed by atoms with Crippen LogP contribution in [0.2, 0.25) is 0 Å². The van der Waals surface area contributed by atoms with Gasteiger partial charge in [0, 0.05) is 13.1 Å². The normalized spacial score (nSPS) is 11.2. The van der Waals surface area contributed by atoms with Crippen molar-refractivity contribution in [1.82, 2.24) is 4.90 Å². The van der Waals surface area contributed by atoms with E-state index >= 15 is 0 Å². The molecule has 0 aromatic heterocycles. The minimum Gasteiger partial charge on any atom is -0.507 e. The van der Waals surface area contributed by atoms with Crippen LogP contribution in [0.25, 0.3) is 0 Å². The third kappa shape index (κ3) is 5.37. The molecule has 21 heavy (non-hydrogen) atoms. The number of phenolic OH excluding ortho intramolecular Hbond substituents is 1. The zero-order valence-corrected chi connectivity index (χ0v) is 13.4. The first kappa shape index (κ1) is 17.5. The zero-order chi connectivity index (χ0) is 16.0. The smallest absolute Gasteiger partial charge is 0.260 e. The zero-order valence-electron chi connectivity index (χ0n) is 13.4. The fourth-order valence-corrected chi connectivity index (χ4v) is 2.03. The highest BCUT2D eigenvalue weighted by molar-refractivity contribution is 5.97. The number of amides is 1. The number of aromatic hydroxyl groups is 1. The standard InChI is InChI=1S/C17H26FNO2/c1-12(2)8-10-19(11-9-13(3)4)17(21)16-14(18)6-5-7-15(16)20/h5-7,12-13,20H,8-11H2,1-4H3. The Kier molecular flexibility index (Phi) is 6.66. The fourth-order valence-electron chi connectivity index (χ4n) is 2.03. The van der Waals surface area contributed by atoms with Gasteiger partial charge in [-0.25, -0.2) is 4.39 Å². The molecule has 1 N–H and O–H groups in total. The molecule has 0 fully saturated rings. The van der Waals surface area contributed by atoms with E-state index < -0.39 is 11.7 Å². The van der Waals surface area contributed by atoms with Crippen LogP contribution < -0.4 is 0 Å². The van der Waals surface area contributed by atoms with Gasteiger partial charge in [-0.05, 0) is 36.8 Å². The number of rotatable bonds is 7. The molecule has 0 radical (unpaired) electrons. The maximum Gasteiger partial charge on any atom is 0.260 e. The van der Waals surface area contributed by atoms with Gasteiger partial charge in [-0.2, -0.15) is 0 Å². The molecule has 1 rings (SSSR count). The molecule has 0 heterocycles. The second-order valence-electron chi connectivity index (χ2n) is 6.29. The topological polar surface area (TPSA) is 40.5 Å². The molecular weight excluding hydrogens is 269 g/mol. The lowest BCUT2D eigenvalue weighted by atomic mass is 10.1. The molecule has 1 aromatic rings. The van der Waals surface area contributed by atoms with Crippen molar-refractivity contribution in [2.24, 2.45) is 11.8 Å². The highest BCUT2D eigenvalue weighted by Gasteiger charge is 2.22. The summed E-state index contributed by atoms with van der Waals surface area (Å²) in [6, 6.07) is 3.95. The molecule has 0 saturated heterocycles. The first-order valence-corrected chi connectivity index (χ1v) is 7.59. The third-order valence-electron chi connectivity index (χ3n) is 3.45. The van der Waals surface area contributed by atoms with Crippen LogP contribution in [0.3, 0.4) is 0 Å². The van der Waals surface area contributed by atoms with E-state index in [0.717, 1.165) is 12.8 Å². The molecule has 0 spiro atoms. The van der Waals surface area contributed by atoms with E-state index in [9.17, 15) is 14.3 Å². The largest absolute Gasteiger partial charge is 0.507 e. The number of halogens is 1. The molecule has 0 atom stereocenters. The van der Waals surface area contributed by atoms with Gasteiger partial charge in [-0.3, -0.25) is 4.79 Å². The summed E-state index contributed by atoms with van der Waals surface area (Å²) in [5.74, 6) is -0.452. The minimum atomic E-state index is -0.668. The average Bonchev–Trinajstić information content (AvgIpc) is 2.37. The van der Waals surface area contributed by atoms with Crippen LogP contribution in [0.5, 0.6) is 5.75 Å². The van der Waals surface area contributed by atoms with Crippen molar-refractivity contribution in [3.05, 3.63) is 29.6 Å². The lowest BCUT2D eigenvalue weighted by molar-refractivity contribution is 0.0733. The first-order valence-electron chi connectivity index (χ1n) is 7.59. The van der Waals surface area contributed by atoms with Gasteiger partial charge >= 0.3 is 0 Å². The van der Waals surface area contributed by atoms with E-state index in [4.69, 9.17) is 0 Å². The Morgan fingerprint density at radius 3 is 2.10 bits per heavy atom. The van der Waals surface area contributed by atoms with Crippen molar-refractivity contribution in [2.45, 2.75) is 40.5 Å². The van der Waals surface area contributed by atoms with Gasteiger partial charge in [0.1, 0.15) is 17.1 Å². The van der Waals surface area contributed by atoms with Crippen LogP contribution >= 0.6 is 0 Å². The molecule has 4 heteroatoms. The Morgan fingerprint density at radius 2 is 1.67 bits per heavy atom. The molecule has 0 aliphatic heterocycles. The van der Waals surface area contributed by atoms with Gasteiger partial charge in [0.05, 0.1) is 0 Å². The Balaban J connectivity index is 2.92. The average molecular weight is 295 g/mol. The molecule has 0 aliphatic rings. The number of carbonyl (C=O) groups excluding carboxylic acids is 1. The van der Waals surface area contributed by atoms with E-state index in [-0.39, 0.29) is 11.3 Å². The van der Waals surface area contributed by atoms with Gasteiger partial charge < -0.3 is 10.0 Å². The van der Waals surface area contributed by atoms with Crippen LogP contribution in [0.1, 0.15) is 50.9 Å². The molecule has 1 aromatic carbocycles. The second-order valence-corrected chi connectivity index (χ2v) is 6.29. The Hall–Kier alpha value is -1.58. The number of carbonyl (C=O) groups is 1. The van der Waals surface area contributed by atoms with Crippen molar-refractivity contribution in [1.29, 1.82) is 0 Å². The van der Waals surface area contributed by atoms with Gasteiger partial charge in [0.25, 0.3) is 5.91 Å². The van der Waals surface area contributed by atoms with E-state index in [1.165, 1.54) is 18.2 Å². The number of phenols is 1. The number of hydrogen-bond donors (Lipinski definition) is 1. The maximum atomic E-state index is 13.9. The van der Waals surface area contributed by atoms with Crippen LogP contribution in [-0.4, -0.2) is 29.0 Å². The monoisotopic (exact) mass is 295 g/mol. The Bertz CT molecular complexity index is 440. The van der Waals surface area contributed by atoms with Crippen LogP contribution in [0, 0.1) is 17.7 Å². The maximum absolute atomic E-state index is 13.9. The van der Waals surface area contributed by atoms with Crippen molar-refractivity contribution in [2.75, 3.05) is 13.1 Å². The lowest BCUT2D eigenvalue weighted by Crippen LogP contribution is -2.34. The number of benzene rings is 1. The van der Waals surface area contributed by atoms with E-state index in [0.29, 0.717) is 24.9 Å². The fraction of sp³-hybridized carbons (Fsp3) is 0.588. The van der Waals surface area contributed by atoms with E-state index in [1.54, 1.807) is 4.90 Å². The van der Waals surface area contributed by atoms with Crippen molar-refractivity contribution in [3.8, 4) is 5.75 Å². The number of nitrogens with zero attached hydrogens (tertiary/aromatic N) is 1. The summed E-state index contributed by atoms with van der Waals surface area (Å²) in [7, 11) is 0. The van der Waals surface area contributed by atoms with Crippen molar-refractivity contribution in [3.63, 3.8) is 0 Å². The van der Waals surface area contributed by atoms with Gasteiger partial charge in [-0.15, -0.1) is 0 Å². The Labute approximate surface area is 126 Å². The Morgan fingerprint density at radius 1 is 1.14 bits per heavy atom. The molecule has 1 amide bonds. The lowest BCUT2D eigenvalue weighted by Gasteiger charge is -2.25.